The van der Waals surface area contributed by atoms with Gasteiger partial charge in [0, 0.05) is 6.04 Å². The summed E-state index contributed by atoms with van der Waals surface area (Å²) in [4.78, 5) is 13.3. The van der Waals surface area contributed by atoms with Crippen molar-refractivity contribution in [1.82, 2.24) is 4.90 Å². The van der Waals surface area contributed by atoms with Crippen LogP contribution >= 0.6 is 0 Å². The molecule has 1 saturated heterocycles. The van der Waals surface area contributed by atoms with Gasteiger partial charge >= 0.3 is 5.97 Å². The molecule has 1 rings (SSSR count). The Kier molecular flexibility index (Phi) is 6.08. The van der Waals surface area contributed by atoms with E-state index in [-0.39, 0.29) is 30.1 Å². The summed E-state index contributed by atoms with van der Waals surface area (Å²) in [6.45, 7) is 2.73. The zero-order valence-electron chi connectivity index (χ0n) is 11.2. The minimum absolute atomic E-state index is 0.0433. The first-order valence-electron chi connectivity index (χ1n) is 6.51. The molecule has 0 unspecified atom stereocenters. The maximum absolute atomic E-state index is 11.5. The molecule has 0 aliphatic carbocycles. The Bertz CT molecular complexity index is 366. The van der Waals surface area contributed by atoms with Crippen molar-refractivity contribution in [3.8, 4) is 0 Å². The van der Waals surface area contributed by atoms with E-state index >= 15 is 0 Å². The molecule has 106 valence electrons. The molecule has 0 spiro atoms. The minimum atomic E-state index is -2.89. The van der Waals surface area contributed by atoms with Gasteiger partial charge in [-0.1, -0.05) is 19.8 Å². The van der Waals surface area contributed by atoms with Crippen molar-refractivity contribution in [3.63, 3.8) is 0 Å². The SMILES string of the molecule is CCCCCOC(=O)CN(C)[C@@H]1CCS(=O)(=O)C1. The topological polar surface area (TPSA) is 63.7 Å². The Labute approximate surface area is 109 Å². The Morgan fingerprint density at radius 1 is 1.39 bits per heavy atom. The molecule has 1 heterocycles. The first-order chi connectivity index (χ1) is 8.44. The van der Waals surface area contributed by atoms with Gasteiger partial charge in [0.05, 0.1) is 24.7 Å². The smallest absolute Gasteiger partial charge is 0.320 e. The number of nitrogens with zero attached hydrogens (tertiary/aromatic N) is 1. The summed E-state index contributed by atoms with van der Waals surface area (Å²) in [5.41, 5.74) is 0. The first kappa shape index (κ1) is 15.4. The molecule has 1 atom stereocenters. The summed E-state index contributed by atoms with van der Waals surface area (Å²) in [6, 6.07) is -0.0433. The molecule has 0 bridgehead atoms. The van der Waals surface area contributed by atoms with E-state index < -0.39 is 9.84 Å². The molecular weight excluding hydrogens is 254 g/mol. The van der Waals surface area contributed by atoms with Crippen LogP contribution in [0.5, 0.6) is 0 Å². The third-order valence-electron chi connectivity index (χ3n) is 3.22. The third kappa shape index (κ3) is 5.35. The van der Waals surface area contributed by atoms with Gasteiger partial charge in [-0.2, -0.15) is 0 Å². The summed E-state index contributed by atoms with van der Waals surface area (Å²) in [5.74, 6) is 0.123. The van der Waals surface area contributed by atoms with E-state index in [9.17, 15) is 13.2 Å². The summed E-state index contributed by atoms with van der Waals surface area (Å²) >= 11 is 0. The lowest BCUT2D eigenvalue weighted by Gasteiger charge is -2.21. The second-order valence-corrected chi connectivity index (χ2v) is 7.13. The number of carbonyl (C=O) groups excluding carboxylic acids is 1. The molecule has 0 amide bonds. The van der Waals surface area contributed by atoms with E-state index in [1.807, 2.05) is 0 Å². The average molecular weight is 277 g/mol. The lowest BCUT2D eigenvalue weighted by Crippen LogP contribution is -2.37. The number of hydrogen-bond donors (Lipinski definition) is 0. The molecule has 18 heavy (non-hydrogen) atoms. The van der Waals surface area contributed by atoms with Crippen LogP contribution in [0, 0.1) is 0 Å². The van der Waals surface area contributed by atoms with Gasteiger partial charge < -0.3 is 4.74 Å². The molecule has 6 heteroatoms. The van der Waals surface area contributed by atoms with Gasteiger partial charge in [-0.25, -0.2) is 8.42 Å². The number of esters is 1. The molecular formula is C12H23NO4S. The van der Waals surface area contributed by atoms with Gasteiger partial charge in [-0.15, -0.1) is 0 Å². The maximum atomic E-state index is 11.5. The highest BCUT2D eigenvalue weighted by molar-refractivity contribution is 7.91. The minimum Gasteiger partial charge on any atom is -0.465 e. The summed E-state index contributed by atoms with van der Waals surface area (Å²) in [5, 5.41) is 0. The Hall–Kier alpha value is -0.620. The second kappa shape index (κ2) is 7.09. The highest BCUT2D eigenvalue weighted by Gasteiger charge is 2.31. The van der Waals surface area contributed by atoms with E-state index in [4.69, 9.17) is 4.74 Å². The predicted molar refractivity (Wildman–Crippen MR) is 70.2 cm³/mol. The van der Waals surface area contributed by atoms with Crippen LogP contribution in [-0.4, -0.2) is 57.0 Å². The Morgan fingerprint density at radius 2 is 2.11 bits per heavy atom. The lowest BCUT2D eigenvalue weighted by molar-refractivity contribution is -0.145. The zero-order valence-corrected chi connectivity index (χ0v) is 12.0. The van der Waals surface area contributed by atoms with Crippen molar-refractivity contribution in [2.24, 2.45) is 0 Å². The summed E-state index contributed by atoms with van der Waals surface area (Å²) < 4.78 is 27.8. The van der Waals surface area contributed by atoms with E-state index in [1.165, 1.54) is 0 Å². The van der Waals surface area contributed by atoms with Crippen LogP contribution in [0.25, 0.3) is 0 Å². The molecule has 0 aromatic rings. The number of sulfone groups is 1. The van der Waals surface area contributed by atoms with Crippen LogP contribution in [0.2, 0.25) is 0 Å². The molecule has 0 aromatic heterocycles. The van der Waals surface area contributed by atoms with Gasteiger partial charge in [-0.3, -0.25) is 9.69 Å². The summed E-state index contributed by atoms with van der Waals surface area (Å²) in [6.07, 6.45) is 3.66. The van der Waals surface area contributed by atoms with Crippen molar-refractivity contribution in [2.75, 3.05) is 31.7 Å². The molecule has 0 N–H and O–H groups in total. The number of carbonyl (C=O) groups is 1. The Balaban J connectivity index is 2.23. The van der Waals surface area contributed by atoms with Crippen molar-refractivity contribution >= 4 is 15.8 Å². The standard InChI is InChI=1S/C12H23NO4S/c1-3-4-5-7-17-12(14)9-13(2)11-6-8-18(15,16)10-11/h11H,3-10H2,1-2H3/t11-/m1/s1. The zero-order chi connectivity index (χ0) is 13.6. The van der Waals surface area contributed by atoms with Crippen molar-refractivity contribution < 1.29 is 17.9 Å². The van der Waals surface area contributed by atoms with Crippen LogP contribution in [0.15, 0.2) is 0 Å². The monoisotopic (exact) mass is 277 g/mol. The van der Waals surface area contributed by atoms with Gasteiger partial charge in [0.2, 0.25) is 0 Å². The average Bonchev–Trinajstić information content (AvgIpc) is 2.65. The first-order valence-corrected chi connectivity index (χ1v) is 8.33. The number of rotatable bonds is 7. The molecule has 0 saturated carbocycles. The van der Waals surface area contributed by atoms with Crippen LogP contribution in [0.3, 0.4) is 0 Å². The van der Waals surface area contributed by atoms with Crippen molar-refractivity contribution in [1.29, 1.82) is 0 Å². The Morgan fingerprint density at radius 3 is 2.67 bits per heavy atom. The largest absolute Gasteiger partial charge is 0.465 e. The van der Waals surface area contributed by atoms with Crippen LogP contribution in [0.1, 0.15) is 32.6 Å². The predicted octanol–water partition coefficient (Wildman–Crippen LogP) is 0.839. The molecule has 1 aliphatic heterocycles. The fraction of sp³-hybridized carbons (Fsp3) is 0.917. The number of ether oxygens (including phenoxy) is 1. The van der Waals surface area contributed by atoms with Crippen LogP contribution < -0.4 is 0 Å². The highest BCUT2D eigenvalue weighted by Crippen LogP contribution is 2.16. The van der Waals surface area contributed by atoms with Crippen molar-refractivity contribution in [3.05, 3.63) is 0 Å². The lowest BCUT2D eigenvalue weighted by atomic mass is 10.2. The third-order valence-corrected chi connectivity index (χ3v) is 4.97. The second-order valence-electron chi connectivity index (χ2n) is 4.90. The normalized spacial score (nSPS) is 22.3. The van der Waals surface area contributed by atoms with Gasteiger partial charge in [0.15, 0.2) is 9.84 Å². The van der Waals surface area contributed by atoms with Gasteiger partial charge in [0.25, 0.3) is 0 Å². The summed E-state index contributed by atoms with van der Waals surface area (Å²) in [7, 11) is -1.12. The van der Waals surface area contributed by atoms with Gasteiger partial charge in [0.1, 0.15) is 0 Å². The number of unbranched alkanes of at least 4 members (excludes halogenated alkanes) is 2. The van der Waals surface area contributed by atoms with Crippen LogP contribution in [0.4, 0.5) is 0 Å². The fourth-order valence-corrected chi connectivity index (χ4v) is 3.84. The fourth-order valence-electron chi connectivity index (χ4n) is 2.04. The van der Waals surface area contributed by atoms with E-state index in [0.717, 1.165) is 19.3 Å². The number of likely N-dealkylation sites (N-methyl/N-ethyl adjacent to an activating group) is 1. The molecule has 5 nitrogen and oxygen atoms in total. The quantitative estimate of drug-likeness (QED) is 0.509. The van der Waals surface area contributed by atoms with E-state index in [2.05, 4.69) is 6.92 Å². The van der Waals surface area contributed by atoms with E-state index in [1.54, 1.807) is 11.9 Å². The molecule has 0 aromatic carbocycles. The van der Waals surface area contributed by atoms with Crippen LogP contribution in [-0.2, 0) is 19.4 Å². The maximum Gasteiger partial charge on any atom is 0.320 e. The molecule has 0 radical (unpaired) electrons. The van der Waals surface area contributed by atoms with E-state index in [0.29, 0.717) is 13.0 Å². The van der Waals surface area contributed by atoms with Gasteiger partial charge in [-0.05, 0) is 19.9 Å². The molecule has 1 aliphatic rings. The van der Waals surface area contributed by atoms with Crippen molar-refractivity contribution in [2.45, 2.75) is 38.6 Å². The molecule has 1 fully saturated rings. The highest BCUT2D eigenvalue weighted by atomic mass is 32.2. The number of hydrogen-bond acceptors (Lipinski definition) is 5.